The van der Waals surface area contributed by atoms with Gasteiger partial charge < -0.3 is 4.52 Å². The second kappa shape index (κ2) is 6.42. The molecular formula is C20H16F2N3O2+. The zero-order valence-electron chi connectivity index (χ0n) is 14.7. The summed E-state index contributed by atoms with van der Waals surface area (Å²) in [5, 5.41) is 3.91. The van der Waals surface area contributed by atoms with Gasteiger partial charge >= 0.3 is 5.56 Å². The van der Waals surface area contributed by atoms with Crippen molar-refractivity contribution >= 4 is 5.65 Å². The Kier molecular flexibility index (Phi) is 4.07. The van der Waals surface area contributed by atoms with Crippen molar-refractivity contribution in [2.24, 2.45) is 0 Å². The molecule has 0 bridgehead atoms. The van der Waals surface area contributed by atoms with Crippen LogP contribution in [0.15, 0.2) is 58.1 Å². The maximum Gasteiger partial charge on any atom is 0.350 e. The van der Waals surface area contributed by atoms with Crippen LogP contribution in [0.1, 0.15) is 17.0 Å². The maximum atomic E-state index is 14.2. The molecule has 0 N–H and O–H groups in total. The van der Waals surface area contributed by atoms with Crippen LogP contribution in [0.25, 0.3) is 16.8 Å². The van der Waals surface area contributed by atoms with Gasteiger partial charge in [-0.2, -0.15) is 4.40 Å². The molecule has 4 rings (SSSR count). The molecule has 0 atom stereocenters. The zero-order valence-corrected chi connectivity index (χ0v) is 14.7. The molecule has 7 heteroatoms. The van der Waals surface area contributed by atoms with E-state index in [0.717, 1.165) is 18.2 Å². The van der Waals surface area contributed by atoms with Gasteiger partial charge in [-0.05, 0) is 38.1 Å². The Morgan fingerprint density at radius 3 is 2.74 bits per heavy atom. The number of aryl methyl sites for hydroxylation is 2. The highest BCUT2D eigenvalue weighted by molar-refractivity contribution is 5.66. The third-order valence-electron chi connectivity index (χ3n) is 4.52. The van der Waals surface area contributed by atoms with Gasteiger partial charge in [-0.25, -0.2) is 18.1 Å². The first-order chi connectivity index (χ1) is 13.0. The van der Waals surface area contributed by atoms with E-state index in [1.807, 2.05) is 0 Å². The van der Waals surface area contributed by atoms with Crippen LogP contribution in [0, 0.1) is 25.5 Å². The summed E-state index contributed by atoms with van der Waals surface area (Å²) in [4.78, 5) is 13.0. The molecule has 0 saturated heterocycles. The van der Waals surface area contributed by atoms with Crippen LogP contribution in [-0.4, -0.2) is 9.56 Å². The highest BCUT2D eigenvalue weighted by atomic mass is 19.1. The van der Waals surface area contributed by atoms with Crippen molar-refractivity contribution in [3.8, 4) is 11.1 Å². The standard InChI is InChI=1S/C20H16F2N3O2/c1-12-19(13(2)27-23-12)16-11-24(10-14-9-15(21)6-7-17(14)22)18-5-3-4-8-25(18)20(16)26/h3-9,11H,10H2,1-2H3/q+1. The summed E-state index contributed by atoms with van der Waals surface area (Å²) in [5.41, 5.74) is 2.08. The number of pyridine rings is 1. The highest BCUT2D eigenvalue weighted by Gasteiger charge is 2.23. The van der Waals surface area contributed by atoms with Crippen LogP contribution in [0.5, 0.6) is 0 Å². The minimum atomic E-state index is -0.518. The number of benzene rings is 1. The number of aromatic nitrogens is 3. The predicted octanol–water partition coefficient (Wildman–Crippen LogP) is 3.19. The van der Waals surface area contributed by atoms with Gasteiger partial charge in [0.05, 0.1) is 17.5 Å². The number of nitrogens with zero attached hydrogens (tertiary/aromatic N) is 3. The van der Waals surface area contributed by atoms with Crippen molar-refractivity contribution in [1.82, 2.24) is 9.56 Å². The van der Waals surface area contributed by atoms with Crippen molar-refractivity contribution in [2.75, 3.05) is 0 Å². The summed E-state index contributed by atoms with van der Waals surface area (Å²) in [6.07, 6.45) is 3.27. The van der Waals surface area contributed by atoms with E-state index in [1.165, 1.54) is 4.40 Å². The topological polar surface area (TPSA) is 51.4 Å². The van der Waals surface area contributed by atoms with E-state index >= 15 is 0 Å². The summed E-state index contributed by atoms with van der Waals surface area (Å²) in [7, 11) is 0. The number of rotatable bonds is 3. The minimum Gasteiger partial charge on any atom is -0.361 e. The molecular weight excluding hydrogens is 352 g/mol. The molecule has 0 radical (unpaired) electrons. The number of hydrogen-bond donors (Lipinski definition) is 0. The lowest BCUT2D eigenvalue weighted by Gasteiger charge is -2.08. The SMILES string of the molecule is Cc1noc(C)c1-c1c[n+](Cc2cc(F)ccc2F)c2ccccn2c1=O. The molecule has 0 aliphatic rings. The second-order valence-electron chi connectivity index (χ2n) is 6.34. The third kappa shape index (κ3) is 2.91. The molecule has 1 aromatic carbocycles. The second-order valence-corrected chi connectivity index (χ2v) is 6.34. The summed E-state index contributed by atoms with van der Waals surface area (Å²) in [6, 6.07) is 8.59. The molecule has 136 valence electrons. The average Bonchev–Trinajstić information content (AvgIpc) is 2.99. The van der Waals surface area contributed by atoms with Crippen molar-refractivity contribution < 1.29 is 17.9 Å². The quantitative estimate of drug-likeness (QED) is 0.522. The van der Waals surface area contributed by atoms with Crippen LogP contribution in [0.3, 0.4) is 0 Å². The lowest BCUT2D eigenvalue weighted by Crippen LogP contribution is -2.41. The molecule has 4 aromatic rings. The summed E-state index contributed by atoms with van der Waals surface area (Å²) < 4.78 is 36.1. The van der Waals surface area contributed by atoms with Crippen molar-refractivity contribution in [3.63, 3.8) is 0 Å². The van der Waals surface area contributed by atoms with Crippen molar-refractivity contribution in [2.45, 2.75) is 20.4 Å². The Morgan fingerprint density at radius 2 is 2.00 bits per heavy atom. The fourth-order valence-corrected chi connectivity index (χ4v) is 3.26. The Hall–Kier alpha value is -3.35. The van der Waals surface area contributed by atoms with Gasteiger partial charge in [-0.15, -0.1) is 0 Å². The summed E-state index contributed by atoms with van der Waals surface area (Å²) in [5.74, 6) is -0.512. The Balaban J connectivity index is 1.99. The third-order valence-corrected chi connectivity index (χ3v) is 4.52. The smallest absolute Gasteiger partial charge is 0.350 e. The first kappa shape index (κ1) is 17.1. The van der Waals surface area contributed by atoms with Crippen LogP contribution < -0.4 is 10.1 Å². The van der Waals surface area contributed by atoms with Crippen LogP contribution >= 0.6 is 0 Å². The molecule has 0 unspecified atom stereocenters. The van der Waals surface area contributed by atoms with E-state index in [4.69, 9.17) is 4.52 Å². The van der Waals surface area contributed by atoms with Crippen LogP contribution in [0.2, 0.25) is 0 Å². The summed E-state index contributed by atoms with van der Waals surface area (Å²) >= 11 is 0. The van der Waals surface area contributed by atoms with E-state index < -0.39 is 11.6 Å². The molecule has 0 spiro atoms. The average molecular weight is 368 g/mol. The molecule has 0 aliphatic carbocycles. The number of fused-ring (bicyclic) bond motifs is 1. The molecule has 0 saturated carbocycles. The fourth-order valence-electron chi connectivity index (χ4n) is 3.26. The molecule has 0 fully saturated rings. The van der Waals surface area contributed by atoms with Gasteiger partial charge in [0.2, 0.25) is 0 Å². The van der Waals surface area contributed by atoms with Gasteiger partial charge in [0.25, 0.3) is 5.65 Å². The fraction of sp³-hybridized carbons (Fsp3) is 0.150. The minimum absolute atomic E-state index is 0.0633. The van der Waals surface area contributed by atoms with Crippen LogP contribution in [0.4, 0.5) is 8.78 Å². The van der Waals surface area contributed by atoms with Gasteiger partial charge in [0.15, 0.2) is 0 Å². The van der Waals surface area contributed by atoms with E-state index in [-0.39, 0.29) is 17.7 Å². The van der Waals surface area contributed by atoms with E-state index in [9.17, 15) is 13.6 Å². The molecule has 5 nitrogen and oxygen atoms in total. The number of hydrogen-bond acceptors (Lipinski definition) is 3. The lowest BCUT2D eigenvalue weighted by atomic mass is 10.1. The Morgan fingerprint density at radius 1 is 1.19 bits per heavy atom. The molecule has 0 amide bonds. The normalized spacial score (nSPS) is 11.3. The zero-order chi connectivity index (χ0) is 19.1. The predicted molar refractivity (Wildman–Crippen MR) is 94.3 cm³/mol. The largest absolute Gasteiger partial charge is 0.361 e. The van der Waals surface area contributed by atoms with Gasteiger partial charge in [0.1, 0.15) is 35.7 Å². The van der Waals surface area contributed by atoms with E-state index in [0.29, 0.717) is 28.2 Å². The lowest BCUT2D eigenvalue weighted by molar-refractivity contribution is -0.665. The van der Waals surface area contributed by atoms with E-state index in [2.05, 4.69) is 5.16 Å². The van der Waals surface area contributed by atoms with Crippen molar-refractivity contribution in [3.05, 3.63) is 87.8 Å². The Bertz CT molecular complexity index is 1210. The first-order valence-electron chi connectivity index (χ1n) is 8.36. The first-order valence-corrected chi connectivity index (χ1v) is 8.36. The molecule has 3 aromatic heterocycles. The Labute approximate surface area is 153 Å². The van der Waals surface area contributed by atoms with Crippen molar-refractivity contribution in [1.29, 1.82) is 0 Å². The molecule has 0 aliphatic heterocycles. The monoisotopic (exact) mass is 368 g/mol. The van der Waals surface area contributed by atoms with Gasteiger partial charge in [-0.3, -0.25) is 0 Å². The highest BCUT2D eigenvalue weighted by Crippen LogP contribution is 2.23. The summed E-state index contributed by atoms with van der Waals surface area (Å²) in [6.45, 7) is 3.54. The number of halogens is 2. The van der Waals surface area contributed by atoms with Gasteiger partial charge in [0, 0.05) is 11.6 Å². The van der Waals surface area contributed by atoms with Gasteiger partial charge in [-0.1, -0.05) is 11.2 Å². The molecule has 27 heavy (non-hydrogen) atoms. The van der Waals surface area contributed by atoms with E-state index in [1.54, 1.807) is 49.0 Å². The van der Waals surface area contributed by atoms with Crippen LogP contribution in [-0.2, 0) is 6.54 Å². The maximum absolute atomic E-state index is 14.2. The molecule has 3 heterocycles.